The molecule has 1 amide bonds. The zero-order valence-corrected chi connectivity index (χ0v) is 14.1. The number of piperidine rings is 3. The first-order valence-corrected chi connectivity index (χ1v) is 9.40. The highest BCUT2D eigenvalue weighted by molar-refractivity contribution is 8.00. The van der Waals surface area contributed by atoms with E-state index in [-0.39, 0.29) is 11.9 Å². The van der Waals surface area contributed by atoms with Gasteiger partial charge in [0.05, 0.1) is 9.23 Å². The van der Waals surface area contributed by atoms with E-state index in [2.05, 4.69) is 17.1 Å². The molecule has 110 valence electrons. The van der Waals surface area contributed by atoms with Crippen molar-refractivity contribution in [3.63, 3.8) is 0 Å². The van der Waals surface area contributed by atoms with Crippen LogP contribution in [0.2, 0.25) is 5.02 Å². The number of rotatable bonds is 3. The molecule has 4 heterocycles. The number of halogens is 1. The third-order valence-corrected chi connectivity index (χ3v) is 7.16. The Kier molecular flexibility index (Phi) is 4.32. The summed E-state index contributed by atoms with van der Waals surface area (Å²) in [5, 5.41) is 3.81. The van der Waals surface area contributed by atoms with Crippen LogP contribution in [0.15, 0.2) is 10.3 Å². The second kappa shape index (κ2) is 5.87. The van der Waals surface area contributed by atoms with Gasteiger partial charge in [0.15, 0.2) is 0 Å². The van der Waals surface area contributed by atoms with Crippen molar-refractivity contribution in [2.75, 3.05) is 19.3 Å². The molecule has 1 aromatic rings. The number of thioether (sulfide) groups is 1. The molecule has 6 heteroatoms. The first kappa shape index (κ1) is 14.7. The van der Waals surface area contributed by atoms with Gasteiger partial charge in [-0.2, -0.15) is 0 Å². The quantitative estimate of drug-likeness (QED) is 0.863. The molecule has 20 heavy (non-hydrogen) atoms. The van der Waals surface area contributed by atoms with E-state index in [4.69, 9.17) is 11.6 Å². The van der Waals surface area contributed by atoms with Crippen LogP contribution >= 0.6 is 34.7 Å². The maximum atomic E-state index is 12.5. The van der Waals surface area contributed by atoms with Crippen LogP contribution in [0, 0.1) is 5.92 Å². The van der Waals surface area contributed by atoms with Crippen molar-refractivity contribution < 1.29 is 4.79 Å². The number of carbonyl (C=O) groups excluding carboxylic acids is 1. The SMILES string of the molecule is CSc1cc(Cl)c(C(=O)N[C@@H]2C3CCN(CC3)[C@H]2C)s1. The van der Waals surface area contributed by atoms with Crippen molar-refractivity contribution in [3.05, 3.63) is 16.0 Å². The Bertz CT molecular complexity index is 509. The van der Waals surface area contributed by atoms with E-state index in [9.17, 15) is 4.79 Å². The molecule has 1 N–H and O–H groups in total. The molecule has 0 unspecified atom stereocenters. The van der Waals surface area contributed by atoms with E-state index in [1.165, 1.54) is 37.3 Å². The van der Waals surface area contributed by atoms with Crippen LogP contribution in [0.3, 0.4) is 0 Å². The van der Waals surface area contributed by atoms with E-state index in [1.54, 1.807) is 11.8 Å². The van der Waals surface area contributed by atoms with Gasteiger partial charge < -0.3 is 5.32 Å². The predicted octanol–water partition coefficient (Wildman–Crippen LogP) is 3.34. The molecule has 2 atom stereocenters. The van der Waals surface area contributed by atoms with Gasteiger partial charge >= 0.3 is 0 Å². The number of nitrogens with one attached hydrogen (secondary N) is 1. The molecule has 0 spiro atoms. The van der Waals surface area contributed by atoms with E-state index < -0.39 is 0 Å². The Balaban J connectivity index is 1.73. The molecule has 3 saturated heterocycles. The zero-order chi connectivity index (χ0) is 14.3. The maximum absolute atomic E-state index is 12.5. The Labute approximate surface area is 133 Å². The fourth-order valence-corrected chi connectivity index (χ4v) is 5.31. The second-order valence-corrected chi connectivity index (χ2v) is 8.13. The fraction of sp³-hybridized carbons (Fsp3) is 0.643. The Morgan fingerprint density at radius 2 is 2.20 bits per heavy atom. The number of hydrogen-bond donors (Lipinski definition) is 1. The Morgan fingerprint density at radius 3 is 2.75 bits per heavy atom. The highest BCUT2D eigenvalue weighted by Gasteiger charge is 2.40. The summed E-state index contributed by atoms with van der Waals surface area (Å²) in [6.45, 7) is 4.57. The smallest absolute Gasteiger partial charge is 0.263 e. The van der Waals surface area contributed by atoms with Crippen LogP contribution in [-0.2, 0) is 0 Å². The molecule has 1 aromatic heterocycles. The first-order chi connectivity index (χ1) is 9.60. The van der Waals surface area contributed by atoms with Gasteiger partial charge in [0.1, 0.15) is 4.88 Å². The van der Waals surface area contributed by atoms with E-state index >= 15 is 0 Å². The van der Waals surface area contributed by atoms with Crippen molar-refractivity contribution in [3.8, 4) is 0 Å². The number of nitrogens with zero attached hydrogens (tertiary/aromatic N) is 1. The largest absolute Gasteiger partial charge is 0.347 e. The van der Waals surface area contributed by atoms with E-state index in [0.29, 0.717) is 21.9 Å². The highest BCUT2D eigenvalue weighted by Crippen LogP contribution is 2.35. The summed E-state index contributed by atoms with van der Waals surface area (Å²) < 4.78 is 1.09. The summed E-state index contributed by atoms with van der Waals surface area (Å²) in [7, 11) is 0. The average Bonchev–Trinajstić information content (AvgIpc) is 2.84. The van der Waals surface area contributed by atoms with Crippen molar-refractivity contribution in [1.82, 2.24) is 10.2 Å². The minimum absolute atomic E-state index is 0.00843. The summed E-state index contributed by atoms with van der Waals surface area (Å²) in [6.07, 6.45) is 4.40. The number of thiophene rings is 1. The summed E-state index contributed by atoms with van der Waals surface area (Å²) in [5.74, 6) is 0.614. The van der Waals surface area contributed by atoms with Gasteiger partial charge in [-0.05, 0) is 51.1 Å². The van der Waals surface area contributed by atoms with Crippen molar-refractivity contribution in [1.29, 1.82) is 0 Å². The van der Waals surface area contributed by atoms with Crippen LogP contribution in [0.4, 0.5) is 0 Å². The summed E-state index contributed by atoms with van der Waals surface area (Å²) in [5.41, 5.74) is 0. The summed E-state index contributed by atoms with van der Waals surface area (Å²) >= 11 is 9.29. The predicted molar refractivity (Wildman–Crippen MR) is 86.1 cm³/mol. The molecular weight excluding hydrogens is 312 g/mol. The summed E-state index contributed by atoms with van der Waals surface area (Å²) in [4.78, 5) is 15.6. The van der Waals surface area contributed by atoms with Crippen molar-refractivity contribution >= 4 is 40.6 Å². The van der Waals surface area contributed by atoms with Crippen molar-refractivity contribution in [2.45, 2.75) is 36.1 Å². The average molecular weight is 331 g/mol. The lowest BCUT2D eigenvalue weighted by Gasteiger charge is -2.49. The van der Waals surface area contributed by atoms with E-state index in [1.807, 2.05) is 12.3 Å². The molecule has 2 bridgehead atoms. The molecule has 3 aliphatic heterocycles. The molecule has 3 aliphatic rings. The third-order valence-electron chi connectivity index (χ3n) is 4.55. The minimum atomic E-state index is -0.00843. The number of fused-ring (bicyclic) bond motifs is 3. The number of carbonyl (C=O) groups is 1. The standard InChI is InChI=1S/C14H19ClN2OS2/c1-8-12(9-3-5-17(8)6-4-9)16-14(18)13-10(15)7-11(19-2)20-13/h7-9,12H,3-6H2,1-2H3,(H,16,18)/t8-,12-/m0/s1. The van der Waals surface area contributed by atoms with Gasteiger partial charge in [-0.15, -0.1) is 23.1 Å². The number of amides is 1. The van der Waals surface area contributed by atoms with Gasteiger partial charge in [0.2, 0.25) is 0 Å². The Morgan fingerprint density at radius 1 is 1.50 bits per heavy atom. The molecule has 0 radical (unpaired) electrons. The zero-order valence-electron chi connectivity index (χ0n) is 11.7. The van der Waals surface area contributed by atoms with Crippen LogP contribution in [0.5, 0.6) is 0 Å². The van der Waals surface area contributed by atoms with Crippen LogP contribution in [-0.4, -0.2) is 42.2 Å². The summed E-state index contributed by atoms with van der Waals surface area (Å²) in [6, 6.07) is 2.58. The fourth-order valence-electron chi connectivity index (χ4n) is 3.37. The Hall–Kier alpha value is -0.230. The van der Waals surface area contributed by atoms with Gasteiger partial charge in [0, 0.05) is 12.1 Å². The topological polar surface area (TPSA) is 32.3 Å². The van der Waals surface area contributed by atoms with Gasteiger partial charge in [-0.25, -0.2) is 0 Å². The van der Waals surface area contributed by atoms with Crippen molar-refractivity contribution in [2.24, 2.45) is 5.92 Å². The van der Waals surface area contributed by atoms with E-state index in [0.717, 1.165) is 4.21 Å². The lowest BCUT2D eigenvalue weighted by atomic mass is 9.79. The molecule has 4 rings (SSSR count). The first-order valence-electron chi connectivity index (χ1n) is 6.98. The van der Waals surface area contributed by atoms with Gasteiger partial charge in [0.25, 0.3) is 5.91 Å². The maximum Gasteiger partial charge on any atom is 0.263 e. The van der Waals surface area contributed by atoms with Gasteiger partial charge in [-0.1, -0.05) is 11.6 Å². The lowest BCUT2D eigenvalue weighted by Crippen LogP contribution is -2.62. The molecule has 3 nitrogen and oxygen atoms in total. The molecular formula is C14H19ClN2OS2. The molecule has 3 fully saturated rings. The highest BCUT2D eigenvalue weighted by atomic mass is 35.5. The molecule has 0 saturated carbocycles. The lowest BCUT2D eigenvalue weighted by molar-refractivity contribution is 0.0218. The third kappa shape index (κ3) is 2.61. The van der Waals surface area contributed by atoms with Crippen LogP contribution in [0.1, 0.15) is 29.4 Å². The normalized spacial score (nSPS) is 32.4. The second-order valence-electron chi connectivity index (χ2n) is 5.56. The van der Waals surface area contributed by atoms with Crippen LogP contribution in [0.25, 0.3) is 0 Å². The minimum Gasteiger partial charge on any atom is -0.347 e. The molecule has 0 aromatic carbocycles. The molecule has 0 aliphatic carbocycles. The van der Waals surface area contributed by atoms with Gasteiger partial charge in [-0.3, -0.25) is 9.69 Å². The monoisotopic (exact) mass is 330 g/mol. The van der Waals surface area contributed by atoms with Crippen LogP contribution < -0.4 is 5.32 Å². The number of hydrogen-bond acceptors (Lipinski definition) is 4.